The predicted molar refractivity (Wildman–Crippen MR) is 61.1 cm³/mol. The van der Waals surface area contributed by atoms with Crippen molar-refractivity contribution in [2.24, 2.45) is 0 Å². The first-order valence-corrected chi connectivity index (χ1v) is 5.19. The number of nitrogens with zero attached hydrogens (tertiary/aromatic N) is 1. The van der Waals surface area contributed by atoms with E-state index in [1.807, 2.05) is 0 Å². The van der Waals surface area contributed by atoms with Crippen LogP contribution in [0.1, 0.15) is 18.6 Å². The van der Waals surface area contributed by atoms with E-state index in [4.69, 9.17) is 9.47 Å². The molecule has 0 bridgehead atoms. The van der Waals surface area contributed by atoms with E-state index in [9.17, 15) is 20.0 Å². The monoisotopic (exact) mass is 270 g/mol. The van der Waals surface area contributed by atoms with E-state index < -0.39 is 22.9 Å². The van der Waals surface area contributed by atoms with Crippen LogP contribution in [-0.4, -0.2) is 25.3 Å². The van der Waals surface area contributed by atoms with Gasteiger partial charge in [-0.25, -0.2) is 0 Å². The highest BCUT2D eigenvalue weighted by Gasteiger charge is 2.27. The molecule has 1 rings (SSSR count). The van der Waals surface area contributed by atoms with Crippen molar-refractivity contribution in [3.05, 3.63) is 27.8 Å². The second kappa shape index (κ2) is 5.89. The smallest absolute Gasteiger partial charge is 0.320 e. The van der Waals surface area contributed by atoms with Crippen LogP contribution in [0.2, 0.25) is 0 Å². The second-order valence-corrected chi connectivity index (χ2v) is 3.51. The molecule has 0 radical (unpaired) electrons. The van der Waals surface area contributed by atoms with Crippen molar-refractivity contribution in [3.63, 3.8) is 0 Å². The average Bonchev–Trinajstić information content (AvgIpc) is 2.35. The van der Waals surface area contributed by atoms with Crippen molar-refractivity contribution < 1.29 is 29.0 Å². The number of benzene rings is 1. The summed E-state index contributed by atoms with van der Waals surface area (Å²) in [6.45, 7) is 1.35. The van der Waals surface area contributed by atoms with Crippen LogP contribution in [0.5, 0.6) is 11.5 Å². The van der Waals surface area contributed by atoms with Gasteiger partial charge in [0, 0.05) is 0 Å². The molecule has 0 aromatic heterocycles. The highest BCUT2D eigenvalue weighted by Crippen LogP contribution is 2.42. The van der Waals surface area contributed by atoms with E-state index in [0.29, 0.717) is 0 Å². The van der Waals surface area contributed by atoms with Gasteiger partial charge in [-0.15, -0.1) is 0 Å². The average molecular weight is 270 g/mol. The topological polar surface area (TPSA) is 111 Å². The summed E-state index contributed by atoms with van der Waals surface area (Å²) < 4.78 is 14.3. The summed E-state index contributed by atoms with van der Waals surface area (Å²) in [5.41, 5.74) is -0.359. The molecule has 1 aromatic rings. The molecule has 8 nitrogen and oxygen atoms in total. The van der Waals surface area contributed by atoms with E-state index in [0.717, 1.165) is 0 Å². The maximum Gasteiger partial charge on any atom is 0.320 e. The minimum atomic E-state index is -1.77. The molecule has 1 aromatic carbocycles. The van der Waals surface area contributed by atoms with Crippen LogP contribution < -0.4 is 14.6 Å². The molecule has 0 N–H and O–H groups in total. The van der Waals surface area contributed by atoms with Gasteiger partial charge in [0.2, 0.25) is 5.75 Å². The molecular formula is C11H12NO7-. The molecule has 1 unspecified atom stereocenters. The summed E-state index contributed by atoms with van der Waals surface area (Å²) in [5.74, 6) is 0.0670. The van der Waals surface area contributed by atoms with Crippen LogP contribution in [0.25, 0.3) is 0 Å². The van der Waals surface area contributed by atoms with E-state index >= 15 is 0 Å². The number of hydrogen-bond acceptors (Lipinski definition) is 7. The summed E-state index contributed by atoms with van der Waals surface area (Å²) in [7, 11) is 2.58. The molecule has 0 spiro atoms. The lowest BCUT2D eigenvalue weighted by atomic mass is 10.1. The van der Waals surface area contributed by atoms with Crippen molar-refractivity contribution in [2.75, 3.05) is 14.2 Å². The predicted octanol–water partition coefficient (Wildman–Crippen LogP) is 1.03. The summed E-state index contributed by atoms with van der Waals surface area (Å²) >= 11 is 0. The van der Waals surface area contributed by atoms with E-state index in [1.54, 1.807) is 0 Å². The molecule has 8 heteroatoms. The van der Waals surface area contributed by atoms with Gasteiger partial charge in [-0.1, -0.05) is 0 Å². The Balaban J connectivity index is 3.39. The maximum atomic E-state index is 11.1. The first-order chi connectivity index (χ1) is 8.92. The molecule has 0 saturated carbocycles. The number of carbonyl (C=O) groups is 1. The molecule has 0 aliphatic carbocycles. The van der Waals surface area contributed by atoms with Gasteiger partial charge >= 0.3 is 5.69 Å². The maximum absolute atomic E-state index is 11.1. The highest BCUT2D eigenvalue weighted by atomic mass is 16.7. The molecule has 0 amide bonds. The fourth-order valence-corrected chi connectivity index (χ4v) is 1.65. The number of hydrogen-bond donors (Lipinski definition) is 0. The van der Waals surface area contributed by atoms with E-state index in [2.05, 4.69) is 4.74 Å². The van der Waals surface area contributed by atoms with Gasteiger partial charge in [-0.05, 0) is 19.1 Å². The fraction of sp³-hybridized carbons (Fsp3) is 0.364. The lowest BCUT2D eigenvalue weighted by Crippen LogP contribution is -2.25. The molecular weight excluding hydrogens is 258 g/mol. The molecule has 0 heterocycles. The van der Waals surface area contributed by atoms with Crippen LogP contribution >= 0.6 is 0 Å². The Kier molecular flexibility index (Phi) is 4.51. The number of carboxylic acid groups (broad SMARTS) is 1. The first kappa shape index (κ1) is 14.6. The number of nitro groups is 1. The number of methoxy groups -OCH3 is 2. The second-order valence-electron chi connectivity index (χ2n) is 3.51. The van der Waals surface area contributed by atoms with Gasteiger partial charge in [0.25, 0.3) is 6.16 Å². The van der Waals surface area contributed by atoms with Gasteiger partial charge in [0.1, 0.15) is 0 Å². The van der Waals surface area contributed by atoms with Gasteiger partial charge in [-0.3, -0.25) is 10.1 Å². The number of ether oxygens (including phenoxy) is 3. The number of carbonyl (C=O) groups excluding carboxylic acids is 1. The van der Waals surface area contributed by atoms with Gasteiger partial charge < -0.3 is 24.1 Å². The Labute approximate surface area is 108 Å². The lowest BCUT2D eigenvalue weighted by Gasteiger charge is -2.19. The molecule has 0 aliphatic heterocycles. The Hall–Kier alpha value is -2.51. The van der Waals surface area contributed by atoms with E-state index in [-0.39, 0.29) is 17.1 Å². The van der Waals surface area contributed by atoms with Crippen LogP contribution in [0.15, 0.2) is 12.1 Å². The third-order valence-electron chi connectivity index (χ3n) is 2.44. The minimum Gasteiger partial charge on any atom is -0.542 e. The Morgan fingerprint density at radius 2 is 1.95 bits per heavy atom. The quantitative estimate of drug-likeness (QED) is 0.446. The number of nitro benzene ring substituents is 1. The summed E-state index contributed by atoms with van der Waals surface area (Å²) in [5, 5.41) is 21.5. The summed E-state index contributed by atoms with van der Waals surface area (Å²) in [6, 6.07) is 2.77. The zero-order valence-electron chi connectivity index (χ0n) is 10.5. The number of rotatable bonds is 5. The Morgan fingerprint density at radius 1 is 1.32 bits per heavy atom. The van der Waals surface area contributed by atoms with Crippen LogP contribution in [-0.2, 0) is 4.74 Å². The summed E-state index contributed by atoms with van der Waals surface area (Å²) in [4.78, 5) is 20.8. The standard InChI is InChI=1S/C11H13NO7/c1-6(19-11(13)14)7-4-5-8(17-2)10(18-3)9(7)12(15)16/h4-6H,1-3H3,(H,13,14)/p-1. The normalized spacial score (nSPS) is 11.5. The van der Waals surface area contributed by atoms with Crippen molar-refractivity contribution in [2.45, 2.75) is 13.0 Å². The zero-order valence-corrected chi connectivity index (χ0v) is 10.5. The van der Waals surface area contributed by atoms with Crippen LogP contribution in [0.4, 0.5) is 10.5 Å². The Morgan fingerprint density at radius 3 is 2.37 bits per heavy atom. The fourth-order valence-electron chi connectivity index (χ4n) is 1.65. The third-order valence-corrected chi connectivity index (χ3v) is 2.44. The largest absolute Gasteiger partial charge is 0.542 e. The molecule has 104 valence electrons. The highest BCUT2D eigenvalue weighted by molar-refractivity contribution is 5.62. The Bertz CT molecular complexity index is 500. The van der Waals surface area contributed by atoms with Crippen molar-refractivity contribution in [1.29, 1.82) is 0 Å². The molecule has 1 atom stereocenters. The van der Waals surface area contributed by atoms with Gasteiger partial charge in [0.15, 0.2) is 5.75 Å². The minimum absolute atomic E-state index is 0.0480. The van der Waals surface area contributed by atoms with Crippen molar-refractivity contribution in [3.8, 4) is 11.5 Å². The van der Waals surface area contributed by atoms with E-state index in [1.165, 1.54) is 33.3 Å². The molecule has 19 heavy (non-hydrogen) atoms. The molecule has 0 fully saturated rings. The zero-order chi connectivity index (χ0) is 14.6. The van der Waals surface area contributed by atoms with Crippen LogP contribution in [0, 0.1) is 10.1 Å². The summed E-state index contributed by atoms with van der Waals surface area (Å²) in [6.07, 6.45) is -2.83. The van der Waals surface area contributed by atoms with Gasteiger partial charge in [0.05, 0.1) is 30.8 Å². The van der Waals surface area contributed by atoms with Gasteiger partial charge in [-0.2, -0.15) is 0 Å². The third kappa shape index (κ3) is 3.03. The SMILES string of the molecule is COc1ccc(C(C)OC(=O)[O-])c([N+](=O)[O-])c1OC. The van der Waals surface area contributed by atoms with Crippen molar-refractivity contribution >= 4 is 11.8 Å². The van der Waals surface area contributed by atoms with Crippen molar-refractivity contribution in [1.82, 2.24) is 0 Å². The van der Waals surface area contributed by atoms with Crippen LogP contribution in [0.3, 0.4) is 0 Å². The first-order valence-electron chi connectivity index (χ1n) is 5.19. The molecule has 0 aliphatic rings. The lowest BCUT2D eigenvalue weighted by molar-refractivity contribution is -0.387. The molecule has 0 saturated heterocycles.